The lowest BCUT2D eigenvalue weighted by molar-refractivity contribution is -0.318. The van der Waals surface area contributed by atoms with E-state index in [0.29, 0.717) is 6.42 Å². The van der Waals surface area contributed by atoms with Crippen molar-refractivity contribution in [1.82, 2.24) is 4.90 Å². The summed E-state index contributed by atoms with van der Waals surface area (Å²) in [4.78, 5) is 29.7. The molecule has 0 aromatic heterocycles. The van der Waals surface area contributed by atoms with Gasteiger partial charge in [0.15, 0.2) is 24.0 Å². The highest BCUT2D eigenvalue weighted by Gasteiger charge is 2.53. The van der Waals surface area contributed by atoms with Crippen LogP contribution in [0.3, 0.4) is 0 Å². The molecule has 18 atom stereocenters. The summed E-state index contributed by atoms with van der Waals surface area (Å²) >= 11 is 0. The zero-order chi connectivity index (χ0) is 39.0. The van der Waals surface area contributed by atoms with Crippen molar-refractivity contribution in [3.05, 3.63) is 0 Å². The van der Waals surface area contributed by atoms with E-state index in [9.17, 15) is 35.1 Å². The summed E-state index contributed by atoms with van der Waals surface area (Å²) in [6, 6.07) is -0.319. The maximum absolute atomic E-state index is 14.1. The Kier molecular flexibility index (Phi) is 14.7. The number of Topliss-reactive ketones (excluding diaryl/α,β-unsaturated/α-hetero) is 1. The standard InChI is InChI=1S/C37H67NO13/c1-14-25-37(10,45)30(41)20(4)27(39)18(2)16-35(8,44)32(51-34-28(40)24(38(11)12)15-19(3)47-34)21(5)29(22(6)33(43)49-25)50-26-17-36(9,46-13)31(42)23(7)48-26/h18-29,31-32,34,39-40,42,44-45H,14-17H2,1-13H3/t18-,19-,20+,21+,22-,23+,24+,25?,26+,27+,28-,29?,31+,32-,34+,35-,36-,37-/m1/s1. The lowest BCUT2D eigenvalue weighted by Gasteiger charge is -2.49. The van der Waals surface area contributed by atoms with Gasteiger partial charge in [-0.05, 0) is 80.8 Å². The van der Waals surface area contributed by atoms with Crippen LogP contribution in [-0.2, 0) is 38.0 Å². The summed E-state index contributed by atoms with van der Waals surface area (Å²) < 4.78 is 37.0. The molecule has 14 heteroatoms. The van der Waals surface area contributed by atoms with Gasteiger partial charge in [0.2, 0.25) is 0 Å². The smallest absolute Gasteiger partial charge is 0.311 e. The van der Waals surface area contributed by atoms with Crippen LogP contribution in [0.1, 0.15) is 94.9 Å². The molecule has 5 N–H and O–H groups in total. The van der Waals surface area contributed by atoms with E-state index in [1.807, 2.05) is 25.9 Å². The fourth-order valence-corrected chi connectivity index (χ4v) is 8.41. The number of ether oxygens (including phenoxy) is 6. The minimum Gasteiger partial charge on any atom is -0.459 e. The number of hydrogen-bond donors (Lipinski definition) is 5. The van der Waals surface area contributed by atoms with Gasteiger partial charge < -0.3 is 58.9 Å². The highest BCUT2D eigenvalue weighted by Crippen LogP contribution is 2.41. The van der Waals surface area contributed by atoms with Gasteiger partial charge in [-0.1, -0.05) is 27.7 Å². The number of rotatable bonds is 7. The number of esters is 1. The first kappa shape index (κ1) is 44.1. The summed E-state index contributed by atoms with van der Waals surface area (Å²) in [5, 5.41) is 57.7. The molecule has 0 spiro atoms. The number of methoxy groups -OCH3 is 1. The minimum atomic E-state index is -2.13. The molecular formula is C37H67NO13. The van der Waals surface area contributed by atoms with Crippen LogP contribution in [0.25, 0.3) is 0 Å². The van der Waals surface area contributed by atoms with Gasteiger partial charge in [0.25, 0.3) is 0 Å². The summed E-state index contributed by atoms with van der Waals surface area (Å²) in [6.07, 6.45) is -9.39. The summed E-state index contributed by atoms with van der Waals surface area (Å²) in [6.45, 7) is 16.3. The molecule has 0 aromatic carbocycles. The van der Waals surface area contributed by atoms with Crippen molar-refractivity contribution in [2.45, 2.75) is 179 Å². The molecule has 0 aromatic rings. The molecule has 3 fully saturated rings. The van der Waals surface area contributed by atoms with Crippen LogP contribution >= 0.6 is 0 Å². The second-order valence-corrected chi connectivity index (χ2v) is 16.5. The second kappa shape index (κ2) is 17.0. The number of nitrogens with zero attached hydrogens (tertiary/aromatic N) is 1. The molecule has 3 aliphatic rings. The fraction of sp³-hybridized carbons (Fsp3) is 0.946. The molecular weight excluding hydrogens is 666 g/mol. The van der Waals surface area contributed by atoms with Crippen molar-refractivity contribution in [3.63, 3.8) is 0 Å². The normalized spacial score (nSPS) is 49.7. The molecule has 0 aliphatic carbocycles. The maximum atomic E-state index is 14.1. The maximum Gasteiger partial charge on any atom is 0.311 e. The Balaban J connectivity index is 2.18. The van der Waals surface area contributed by atoms with Crippen molar-refractivity contribution >= 4 is 11.8 Å². The average Bonchev–Trinajstić information content (AvgIpc) is 3.05. The Morgan fingerprint density at radius 2 is 1.49 bits per heavy atom. The monoisotopic (exact) mass is 733 g/mol. The molecule has 14 nitrogen and oxygen atoms in total. The van der Waals surface area contributed by atoms with E-state index in [2.05, 4.69) is 0 Å². The molecule has 3 heterocycles. The molecule has 0 amide bonds. The van der Waals surface area contributed by atoms with Gasteiger partial charge in [0.05, 0.1) is 47.6 Å². The lowest BCUT2D eigenvalue weighted by Crippen LogP contribution is -2.61. The van der Waals surface area contributed by atoms with Crippen LogP contribution in [0.15, 0.2) is 0 Å². The number of aliphatic hydroxyl groups is 5. The van der Waals surface area contributed by atoms with Gasteiger partial charge in [-0.25, -0.2) is 0 Å². The van der Waals surface area contributed by atoms with Gasteiger partial charge in [0, 0.05) is 31.4 Å². The Bertz CT molecular complexity index is 1170. The van der Waals surface area contributed by atoms with Crippen LogP contribution in [0, 0.1) is 23.7 Å². The predicted molar refractivity (Wildman–Crippen MR) is 186 cm³/mol. The molecule has 298 valence electrons. The second-order valence-electron chi connectivity index (χ2n) is 16.5. The topological polar surface area (TPSA) is 194 Å². The molecule has 3 saturated heterocycles. The predicted octanol–water partition coefficient (Wildman–Crippen LogP) is 1.79. The van der Waals surface area contributed by atoms with E-state index < -0.39 is 108 Å². The molecule has 0 radical (unpaired) electrons. The SMILES string of the molecule is CCC1OC(=O)[C@H](C)C(O[C@H]2C[C@@](C)(OC)[C@@H](O)[C@H](C)O2)[C@H](C)[C@@H](O[C@@H]2O[C@H](C)C[C@H](N(C)C)[C@H]2O)[C@](C)(O)C[C@@H](C)[C@H](O)[C@H](C)C(=O)[C@]1(C)O. The summed E-state index contributed by atoms with van der Waals surface area (Å²) in [7, 11) is 5.18. The van der Waals surface area contributed by atoms with Crippen LogP contribution in [0.2, 0.25) is 0 Å². The molecule has 3 rings (SSSR count). The van der Waals surface area contributed by atoms with E-state index in [-0.39, 0.29) is 31.4 Å². The largest absolute Gasteiger partial charge is 0.459 e. The Morgan fingerprint density at radius 1 is 0.882 bits per heavy atom. The third-order valence-electron chi connectivity index (χ3n) is 11.8. The van der Waals surface area contributed by atoms with Crippen LogP contribution in [-0.4, -0.2) is 148 Å². The van der Waals surface area contributed by atoms with Crippen LogP contribution < -0.4 is 0 Å². The molecule has 0 saturated carbocycles. The Labute approximate surface area is 304 Å². The third kappa shape index (κ3) is 9.51. The van der Waals surface area contributed by atoms with Crippen molar-refractivity contribution in [3.8, 4) is 0 Å². The van der Waals surface area contributed by atoms with E-state index >= 15 is 0 Å². The number of likely N-dealkylation sites (N-methyl/N-ethyl adjacent to an activating group) is 1. The molecule has 2 unspecified atom stereocenters. The van der Waals surface area contributed by atoms with Crippen LogP contribution in [0.5, 0.6) is 0 Å². The molecule has 51 heavy (non-hydrogen) atoms. The van der Waals surface area contributed by atoms with E-state index in [0.717, 1.165) is 0 Å². The number of cyclic esters (lactones) is 1. The lowest BCUT2D eigenvalue weighted by atomic mass is 9.74. The number of carbonyl (C=O) groups is 2. The summed E-state index contributed by atoms with van der Waals surface area (Å²) in [5.74, 6) is -5.16. The minimum absolute atomic E-state index is 0.0773. The van der Waals surface area contributed by atoms with Gasteiger partial charge in [-0.2, -0.15) is 0 Å². The number of ketones is 1. The van der Waals surface area contributed by atoms with Crippen molar-refractivity contribution in [2.24, 2.45) is 23.7 Å². The molecule has 3 aliphatic heterocycles. The third-order valence-corrected chi connectivity index (χ3v) is 11.8. The fourth-order valence-electron chi connectivity index (χ4n) is 8.41. The van der Waals surface area contributed by atoms with E-state index in [4.69, 9.17) is 28.4 Å². The first-order chi connectivity index (χ1) is 23.4. The zero-order valence-electron chi connectivity index (χ0n) is 32.9. The number of hydrogen-bond acceptors (Lipinski definition) is 14. The van der Waals surface area contributed by atoms with Gasteiger partial charge in [-0.3, -0.25) is 9.59 Å². The van der Waals surface area contributed by atoms with Gasteiger partial charge in [0.1, 0.15) is 18.3 Å². The first-order valence-corrected chi connectivity index (χ1v) is 18.5. The van der Waals surface area contributed by atoms with Crippen LogP contribution in [0.4, 0.5) is 0 Å². The highest BCUT2D eigenvalue weighted by atomic mass is 16.7. The average molecular weight is 734 g/mol. The quantitative estimate of drug-likeness (QED) is 0.238. The van der Waals surface area contributed by atoms with Crippen molar-refractivity contribution in [2.75, 3.05) is 21.2 Å². The van der Waals surface area contributed by atoms with E-state index in [1.165, 1.54) is 21.0 Å². The Morgan fingerprint density at radius 3 is 2.04 bits per heavy atom. The highest BCUT2D eigenvalue weighted by molar-refractivity contribution is 5.90. The van der Waals surface area contributed by atoms with Gasteiger partial charge in [-0.15, -0.1) is 0 Å². The number of aliphatic hydroxyl groups excluding tert-OH is 3. The van der Waals surface area contributed by atoms with Crippen molar-refractivity contribution < 1.29 is 63.5 Å². The summed E-state index contributed by atoms with van der Waals surface area (Å²) in [5.41, 5.74) is -4.94. The number of carbonyl (C=O) groups excluding carboxylic acids is 2. The molecule has 0 bridgehead atoms. The Hall–Kier alpha value is -1.30. The van der Waals surface area contributed by atoms with E-state index in [1.54, 1.807) is 48.5 Å². The van der Waals surface area contributed by atoms with Gasteiger partial charge >= 0.3 is 5.97 Å². The first-order valence-electron chi connectivity index (χ1n) is 18.5. The van der Waals surface area contributed by atoms with Crippen molar-refractivity contribution in [1.29, 1.82) is 0 Å². The zero-order valence-corrected chi connectivity index (χ0v) is 32.9.